The quantitative estimate of drug-likeness (QED) is 0.786. The molecule has 0 aromatic heterocycles. The first-order chi connectivity index (χ1) is 13.4. The van der Waals surface area contributed by atoms with Crippen LogP contribution in [-0.4, -0.2) is 55.5 Å². The molecule has 0 unspecified atom stereocenters. The van der Waals surface area contributed by atoms with Gasteiger partial charge in [0.05, 0.1) is 7.11 Å². The number of hydrogen-bond donors (Lipinski definition) is 0. The molecular formula is C24H32N2O2. The summed E-state index contributed by atoms with van der Waals surface area (Å²) in [7, 11) is 1.70. The molecule has 2 aromatic carbocycles. The Hall–Kier alpha value is -2.33. The summed E-state index contributed by atoms with van der Waals surface area (Å²) in [5.74, 6) is 1.05. The molecule has 1 aliphatic heterocycles. The highest BCUT2D eigenvalue weighted by atomic mass is 16.5. The second-order valence-corrected chi connectivity index (χ2v) is 8.56. The number of methoxy groups -OCH3 is 1. The van der Waals surface area contributed by atoms with E-state index in [9.17, 15) is 4.79 Å². The summed E-state index contributed by atoms with van der Waals surface area (Å²) < 4.78 is 5.30. The fraction of sp³-hybridized carbons (Fsp3) is 0.458. The molecule has 2 aromatic rings. The van der Waals surface area contributed by atoms with Crippen molar-refractivity contribution in [3.8, 4) is 5.75 Å². The second-order valence-electron chi connectivity index (χ2n) is 8.56. The summed E-state index contributed by atoms with van der Waals surface area (Å²) in [5, 5.41) is 0. The number of rotatable bonds is 5. The van der Waals surface area contributed by atoms with Crippen molar-refractivity contribution in [2.24, 2.45) is 0 Å². The zero-order valence-corrected chi connectivity index (χ0v) is 17.6. The van der Waals surface area contributed by atoms with E-state index in [0.717, 1.165) is 50.5 Å². The Bertz CT molecular complexity index is 785. The third-order valence-corrected chi connectivity index (χ3v) is 5.51. The number of carbonyl (C=O) groups is 1. The first-order valence-electron chi connectivity index (χ1n) is 10.1. The van der Waals surface area contributed by atoms with Crippen LogP contribution in [0.2, 0.25) is 0 Å². The summed E-state index contributed by atoms with van der Waals surface area (Å²) in [6, 6.07) is 16.4. The van der Waals surface area contributed by atoms with Gasteiger partial charge in [0, 0.05) is 38.3 Å². The van der Waals surface area contributed by atoms with Gasteiger partial charge in [-0.05, 0) is 47.2 Å². The number of benzene rings is 2. The molecule has 1 fully saturated rings. The maximum atomic E-state index is 12.8. The highest BCUT2D eigenvalue weighted by molar-refractivity contribution is 5.94. The number of ether oxygens (including phenoxy) is 1. The summed E-state index contributed by atoms with van der Waals surface area (Å²) in [6.45, 7) is 11.0. The molecule has 1 aliphatic rings. The molecule has 0 radical (unpaired) electrons. The SMILES string of the molecule is COc1cccc(CCN2CCN(C(=O)c3ccc(C(C)(C)C)cc3)CC2)c1. The van der Waals surface area contributed by atoms with Crippen molar-refractivity contribution in [1.82, 2.24) is 9.80 Å². The van der Waals surface area contributed by atoms with Gasteiger partial charge in [0.25, 0.3) is 5.91 Å². The average molecular weight is 381 g/mol. The standard InChI is InChI=1S/C24H32N2O2/c1-24(2,3)21-10-8-20(9-11-21)23(27)26-16-14-25(15-17-26)13-12-19-6-5-7-22(18-19)28-4/h5-11,18H,12-17H2,1-4H3. The third kappa shape index (κ3) is 5.14. The first kappa shape index (κ1) is 20.4. The van der Waals surface area contributed by atoms with Gasteiger partial charge in [-0.2, -0.15) is 0 Å². The number of carbonyl (C=O) groups excluding carboxylic acids is 1. The van der Waals surface area contributed by atoms with Crippen molar-refractivity contribution >= 4 is 5.91 Å². The predicted molar refractivity (Wildman–Crippen MR) is 114 cm³/mol. The van der Waals surface area contributed by atoms with Gasteiger partial charge in [0.2, 0.25) is 0 Å². The van der Waals surface area contributed by atoms with E-state index in [1.807, 2.05) is 29.2 Å². The van der Waals surface area contributed by atoms with Crippen LogP contribution in [0.25, 0.3) is 0 Å². The Morgan fingerprint density at radius 2 is 1.68 bits per heavy atom. The van der Waals surface area contributed by atoms with Crippen LogP contribution in [0.5, 0.6) is 5.75 Å². The lowest BCUT2D eigenvalue weighted by molar-refractivity contribution is 0.0638. The van der Waals surface area contributed by atoms with E-state index in [1.54, 1.807) is 7.11 Å². The van der Waals surface area contributed by atoms with Crippen LogP contribution < -0.4 is 4.74 Å². The molecule has 4 heteroatoms. The Labute approximate surface area is 169 Å². The lowest BCUT2D eigenvalue weighted by atomic mass is 9.86. The molecule has 28 heavy (non-hydrogen) atoms. The van der Waals surface area contributed by atoms with Crippen molar-refractivity contribution in [2.45, 2.75) is 32.6 Å². The first-order valence-corrected chi connectivity index (χ1v) is 10.1. The van der Waals surface area contributed by atoms with Crippen LogP contribution in [-0.2, 0) is 11.8 Å². The van der Waals surface area contributed by atoms with Gasteiger partial charge in [0.15, 0.2) is 0 Å². The summed E-state index contributed by atoms with van der Waals surface area (Å²) >= 11 is 0. The smallest absolute Gasteiger partial charge is 0.253 e. The zero-order valence-electron chi connectivity index (χ0n) is 17.6. The molecule has 0 saturated carbocycles. The van der Waals surface area contributed by atoms with E-state index in [-0.39, 0.29) is 11.3 Å². The maximum absolute atomic E-state index is 12.8. The molecule has 1 saturated heterocycles. The molecule has 0 bridgehead atoms. The predicted octanol–water partition coefficient (Wildman–Crippen LogP) is 3.99. The van der Waals surface area contributed by atoms with Crippen molar-refractivity contribution in [2.75, 3.05) is 39.8 Å². The molecule has 4 nitrogen and oxygen atoms in total. The summed E-state index contributed by atoms with van der Waals surface area (Å²) in [4.78, 5) is 17.2. The molecule has 3 rings (SSSR count). The van der Waals surface area contributed by atoms with Crippen LogP contribution in [0, 0.1) is 0 Å². The van der Waals surface area contributed by atoms with E-state index < -0.39 is 0 Å². The van der Waals surface area contributed by atoms with E-state index in [2.05, 4.69) is 49.9 Å². The van der Waals surface area contributed by atoms with Crippen molar-refractivity contribution in [3.63, 3.8) is 0 Å². The normalized spacial score (nSPS) is 15.5. The molecule has 1 heterocycles. The second kappa shape index (κ2) is 8.78. The molecule has 0 N–H and O–H groups in total. The lowest BCUT2D eigenvalue weighted by Crippen LogP contribution is -2.49. The highest BCUT2D eigenvalue weighted by Gasteiger charge is 2.22. The molecule has 0 atom stereocenters. The van der Waals surface area contributed by atoms with Gasteiger partial charge in [-0.1, -0.05) is 45.0 Å². The van der Waals surface area contributed by atoms with Gasteiger partial charge in [-0.25, -0.2) is 0 Å². The minimum Gasteiger partial charge on any atom is -0.497 e. The molecular weight excluding hydrogens is 348 g/mol. The van der Waals surface area contributed by atoms with Crippen molar-refractivity contribution in [3.05, 3.63) is 65.2 Å². The Morgan fingerprint density at radius 1 is 1.00 bits per heavy atom. The van der Waals surface area contributed by atoms with E-state index in [0.29, 0.717) is 0 Å². The Balaban J connectivity index is 1.50. The number of nitrogens with zero attached hydrogens (tertiary/aromatic N) is 2. The summed E-state index contributed by atoms with van der Waals surface area (Å²) in [6.07, 6.45) is 0.999. The fourth-order valence-electron chi connectivity index (χ4n) is 3.59. The highest BCUT2D eigenvalue weighted by Crippen LogP contribution is 2.22. The van der Waals surface area contributed by atoms with Crippen molar-refractivity contribution in [1.29, 1.82) is 0 Å². The molecule has 1 amide bonds. The van der Waals surface area contributed by atoms with Crippen LogP contribution in [0.15, 0.2) is 48.5 Å². The average Bonchev–Trinajstić information content (AvgIpc) is 2.72. The van der Waals surface area contributed by atoms with Gasteiger partial charge in [0.1, 0.15) is 5.75 Å². The minimum atomic E-state index is 0.107. The van der Waals surface area contributed by atoms with Crippen LogP contribution in [0.1, 0.15) is 42.3 Å². The number of hydrogen-bond acceptors (Lipinski definition) is 3. The number of amides is 1. The molecule has 150 valence electrons. The van der Waals surface area contributed by atoms with Gasteiger partial charge in [-0.3, -0.25) is 9.69 Å². The van der Waals surface area contributed by atoms with E-state index in [1.165, 1.54) is 11.1 Å². The summed E-state index contributed by atoms with van der Waals surface area (Å²) in [5.41, 5.74) is 3.44. The fourth-order valence-corrected chi connectivity index (χ4v) is 3.59. The topological polar surface area (TPSA) is 32.8 Å². The van der Waals surface area contributed by atoms with E-state index >= 15 is 0 Å². The third-order valence-electron chi connectivity index (χ3n) is 5.51. The molecule has 0 aliphatic carbocycles. The lowest BCUT2D eigenvalue weighted by Gasteiger charge is -2.35. The minimum absolute atomic E-state index is 0.107. The van der Waals surface area contributed by atoms with Crippen LogP contribution >= 0.6 is 0 Å². The van der Waals surface area contributed by atoms with Gasteiger partial charge < -0.3 is 9.64 Å². The van der Waals surface area contributed by atoms with Gasteiger partial charge in [-0.15, -0.1) is 0 Å². The maximum Gasteiger partial charge on any atom is 0.253 e. The largest absolute Gasteiger partial charge is 0.497 e. The zero-order chi connectivity index (χ0) is 20.1. The molecule has 0 spiro atoms. The number of piperazine rings is 1. The van der Waals surface area contributed by atoms with Crippen LogP contribution in [0.4, 0.5) is 0 Å². The monoisotopic (exact) mass is 380 g/mol. The van der Waals surface area contributed by atoms with Crippen LogP contribution in [0.3, 0.4) is 0 Å². The van der Waals surface area contributed by atoms with E-state index in [4.69, 9.17) is 4.74 Å². The van der Waals surface area contributed by atoms with Crippen molar-refractivity contribution < 1.29 is 9.53 Å². The Kier molecular flexibility index (Phi) is 6.40. The Morgan fingerprint density at radius 3 is 2.29 bits per heavy atom. The van der Waals surface area contributed by atoms with Gasteiger partial charge >= 0.3 is 0 Å².